The first-order valence-electron chi connectivity index (χ1n) is 7.31. The summed E-state index contributed by atoms with van der Waals surface area (Å²) in [5.74, 6) is -1.28. The standard InChI is InChI=1S/C13H26N2O5Si/c1-10(2)21-9-8-20-13(19)15-7-3-6-14-11(16)4-5-12(17)18/h10H,3-9,21H2,1-2H3,(H,14,16)(H,15,19)(H,17,18). The molecule has 0 aromatic carbocycles. The predicted octanol–water partition coefficient (Wildman–Crippen LogP) is 0.499. The summed E-state index contributed by atoms with van der Waals surface area (Å²) in [6.07, 6.45) is -0.0417. The molecule has 0 radical (unpaired) electrons. The maximum absolute atomic E-state index is 11.3. The molecule has 0 rings (SSSR count). The second-order valence-corrected chi connectivity index (χ2v) is 8.11. The summed E-state index contributed by atoms with van der Waals surface area (Å²) in [7, 11) is -0.139. The molecule has 3 N–H and O–H groups in total. The molecule has 2 amide bonds. The van der Waals surface area contributed by atoms with Crippen molar-refractivity contribution in [3.63, 3.8) is 0 Å². The third kappa shape index (κ3) is 14.6. The molecule has 0 unspecified atom stereocenters. The first-order valence-corrected chi connectivity index (χ1v) is 9.12. The van der Waals surface area contributed by atoms with E-state index in [1.165, 1.54) is 0 Å². The smallest absolute Gasteiger partial charge is 0.407 e. The minimum absolute atomic E-state index is 0.0233. The van der Waals surface area contributed by atoms with Gasteiger partial charge >= 0.3 is 12.1 Å². The second kappa shape index (κ2) is 12.2. The number of amides is 2. The van der Waals surface area contributed by atoms with Gasteiger partial charge in [-0.1, -0.05) is 19.4 Å². The Bertz CT molecular complexity index is 337. The lowest BCUT2D eigenvalue weighted by atomic mass is 10.3. The summed E-state index contributed by atoms with van der Waals surface area (Å²) in [5.41, 5.74) is 0.737. The molecule has 0 fully saturated rings. The van der Waals surface area contributed by atoms with Gasteiger partial charge in [0.25, 0.3) is 0 Å². The van der Waals surface area contributed by atoms with Gasteiger partial charge in [0.15, 0.2) is 0 Å². The number of carbonyl (C=O) groups excluding carboxylic acids is 2. The van der Waals surface area contributed by atoms with Crippen LogP contribution < -0.4 is 10.6 Å². The van der Waals surface area contributed by atoms with Crippen molar-refractivity contribution in [3.05, 3.63) is 0 Å². The van der Waals surface area contributed by atoms with E-state index >= 15 is 0 Å². The molecule has 0 atom stereocenters. The van der Waals surface area contributed by atoms with Gasteiger partial charge in [0.2, 0.25) is 5.91 Å². The van der Waals surface area contributed by atoms with E-state index in [0.29, 0.717) is 26.1 Å². The first-order chi connectivity index (χ1) is 9.91. The van der Waals surface area contributed by atoms with E-state index < -0.39 is 12.1 Å². The number of carboxylic acid groups (broad SMARTS) is 1. The van der Waals surface area contributed by atoms with Gasteiger partial charge in [0.05, 0.1) is 13.0 Å². The highest BCUT2D eigenvalue weighted by molar-refractivity contribution is 6.37. The molecule has 0 heterocycles. The van der Waals surface area contributed by atoms with Gasteiger partial charge < -0.3 is 20.5 Å². The van der Waals surface area contributed by atoms with Gasteiger partial charge in [-0.3, -0.25) is 9.59 Å². The number of alkyl carbamates (subject to hydrolysis) is 1. The monoisotopic (exact) mass is 318 g/mol. The zero-order chi connectivity index (χ0) is 16.1. The largest absolute Gasteiger partial charge is 0.481 e. The van der Waals surface area contributed by atoms with Crippen molar-refractivity contribution in [1.82, 2.24) is 10.6 Å². The van der Waals surface area contributed by atoms with Crippen LogP contribution in [0, 0.1) is 0 Å². The zero-order valence-corrected chi connectivity index (χ0v) is 14.2. The quantitative estimate of drug-likeness (QED) is 0.380. The van der Waals surface area contributed by atoms with Gasteiger partial charge in [-0.05, 0) is 12.5 Å². The minimum atomic E-state index is -0.991. The lowest BCUT2D eigenvalue weighted by Gasteiger charge is -2.08. The molecule has 0 aliphatic carbocycles. The molecule has 0 bridgehead atoms. The maximum Gasteiger partial charge on any atom is 0.407 e. The van der Waals surface area contributed by atoms with Crippen molar-refractivity contribution in [2.75, 3.05) is 19.7 Å². The van der Waals surface area contributed by atoms with E-state index in [4.69, 9.17) is 9.84 Å². The van der Waals surface area contributed by atoms with Crippen molar-refractivity contribution in [3.8, 4) is 0 Å². The Morgan fingerprint density at radius 2 is 1.81 bits per heavy atom. The van der Waals surface area contributed by atoms with Crippen molar-refractivity contribution in [1.29, 1.82) is 0 Å². The first kappa shape index (κ1) is 19.4. The number of rotatable bonds is 11. The SMILES string of the molecule is CC(C)[SiH2]CCOC(=O)NCCCNC(=O)CCC(=O)O. The maximum atomic E-state index is 11.3. The van der Waals surface area contributed by atoms with Crippen LogP contribution in [0.25, 0.3) is 0 Å². The summed E-state index contributed by atoms with van der Waals surface area (Å²) in [6.45, 7) is 5.65. The van der Waals surface area contributed by atoms with E-state index in [0.717, 1.165) is 11.6 Å². The number of aliphatic carboxylic acids is 1. The number of carbonyl (C=O) groups is 3. The molecule has 0 saturated carbocycles. The van der Waals surface area contributed by atoms with Crippen LogP contribution in [0.2, 0.25) is 11.6 Å². The van der Waals surface area contributed by atoms with Crippen LogP contribution in [0.1, 0.15) is 33.1 Å². The van der Waals surface area contributed by atoms with E-state index in [9.17, 15) is 14.4 Å². The number of ether oxygens (including phenoxy) is 1. The fraction of sp³-hybridized carbons (Fsp3) is 0.769. The molecule has 122 valence electrons. The number of hydrogen-bond acceptors (Lipinski definition) is 4. The van der Waals surface area contributed by atoms with Crippen LogP contribution >= 0.6 is 0 Å². The normalized spacial score (nSPS) is 10.8. The van der Waals surface area contributed by atoms with Gasteiger partial charge in [-0.2, -0.15) is 0 Å². The van der Waals surface area contributed by atoms with Crippen LogP contribution in [0.4, 0.5) is 4.79 Å². The molecular formula is C13H26N2O5Si. The van der Waals surface area contributed by atoms with Crippen LogP contribution in [-0.4, -0.2) is 52.3 Å². The highest BCUT2D eigenvalue weighted by Gasteiger charge is 2.05. The van der Waals surface area contributed by atoms with E-state index in [2.05, 4.69) is 24.5 Å². The number of carboxylic acids is 1. The summed E-state index contributed by atoms with van der Waals surface area (Å²) in [4.78, 5) is 32.7. The Balaban J connectivity index is 3.39. The van der Waals surface area contributed by atoms with Crippen LogP contribution in [0.15, 0.2) is 0 Å². The summed E-state index contributed by atoms with van der Waals surface area (Å²) >= 11 is 0. The van der Waals surface area contributed by atoms with Gasteiger partial charge in [-0.25, -0.2) is 4.79 Å². The van der Waals surface area contributed by atoms with Crippen molar-refractivity contribution in [2.24, 2.45) is 0 Å². The lowest BCUT2D eigenvalue weighted by molar-refractivity contribution is -0.138. The number of nitrogens with one attached hydrogen (secondary N) is 2. The molecule has 0 aliphatic rings. The molecule has 8 heteroatoms. The van der Waals surface area contributed by atoms with E-state index in [-0.39, 0.29) is 28.3 Å². The molecule has 0 aromatic heterocycles. The number of hydrogen-bond donors (Lipinski definition) is 3. The average Bonchev–Trinajstić information content (AvgIpc) is 2.40. The summed E-state index contributed by atoms with van der Waals surface area (Å²) < 4.78 is 5.02. The van der Waals surface area contributed by atoms with Gasteiger partial charge in [0.1, 0.15) is 0 Å². The molecule has 0 aromatic rings. The minimum Gasteiger partial charge on any atom is -0.481 e. The molecule has 0 aliphatic heterocycles. The Morgan fingerprint density at radius 1 is 1.14 bits per heavy atom. The third-order valence-electron chi connectivity index (χ3n) is 2.67. The Labute approximate surface area is 127 Å². The van der Waals surface area contributed by atoms with Gasteiger partial charge in [-0.15, -0.1) is 0 Å². The van der Waals surface area contributed by atoms with Crippen LogP contribution in [-0.2, 0) is 14.3 Å². The molecule has 0 spiro atoms. The molecule has 21 heavy (non-hydrogen) atoms. The van der Waals surface area contributed by atoms with Crippen molar-refractivity contribution < 1.29 is 24.2 Å². The van der Waals surface area contributed by atoms with Crippen molar-refractivity contribution in [2.45, 2.75) is 44.7 Å². The lowest BCUT2D eigenvalue weighted by Crippen LogP contribution is -2.30. The molecule has 7 nitrogen and oxygen atoms in total. The van der Waals surface area contributed by atoms with Gasteiger partial charge in [0, 0.05) is 29.0 Å². The van der Waals surface area contributed by atoms with E-state index in [1.807, 2.05) is 0 Å². The Kier molecular flexibility index (Phi) is 11.3. The topological polar surface area (TPSA) is 105 Å². The average molecular weight is 318 g/mol. The zero-order valence-electron chi connectivity index (χ0n) is 12.8. The Hall–Kier alpha value is -1.57. The summed E-state index contributed by atoms with van der Waals surface area (Å²) in [5, 5.41) is 13.6. The predicted molar refractivity (Wildman–Crippen MR) is 82.3 cm³/mol. The highest BCUT2D eigenvalue weighted by atomic mass is 28.2. The molecular weight excluding hydrogens is 292 g/mol. The van der Waals surface area contributed by atoms with E-state index in [1.54, 1.807) is 0 Å². The third-order valence-corrected chi connectivity index (χ3v) is 4.52. The fourth-order valence-electron chi connectivity index (χ4n) is 1.52. The Morgan fingerprint density at radius 3 is 2.43 bits per heavy atom. The molecule has 0 saturated heterocycles. The highest BCUT2D eigenvalue weighted by Crippen LogP contribution is 2.00. The van der Waals surface area contributed by atoms with Crippen molar-refractivity contribution >= 4 is 27.5 Å². The van der Waals surface area contributed by atoms with Crippen LogP contribution in [0.5, 0.6) is 0 Å². The fourth-order valence-corrected chi connectivity index (χ4v) is 2.65. The summed E-state index contributed by atoms with van der Waals surface area (Å²) in [6, 6.07) is 0.991. The second-order valence-electron chi connectivity index (χ2n) is 5.20. The van der Waals surface area contributed by atoms with Crippen LogP contribution in [0.3, 0.4) is 0 Å².